The first-order chi connectivity index (χ1) is 8.85. The summed E-state index contributed by atoms with van der Waals surface area (Å²) >= 11 is 1.60. The van der Waals surface area contributed by atoms with Gasteiger partial charge in [-0.2, -0.15) is 11.8 Å². The van der Waals surface area contributed by atoms with E-state index in [4.69, 9.17) is 0 Å². The lowest BCUT2D eigenvalue weighted by molar-refractivity contribution is -0.142. The number of hydrogen-bond acceptors (Lipinski definition) is 3. The molecule has 0 bridgehead atoms. The van der Waals surface area contributed by atoms with Crippen LogP contribution in [0.2, 0.25) is 0 Å². The number of anilines is 1. The number of halogens is 1. The molecule has 0 spiro atoms. The molecule has 19 heavy (non-hydrogen) atoms. The Morgan fingerprint density at radius 1 is 1.37 bits per heavy atom. The average Bonchev–Trinajstić information content (AvgIpc) is 2.30. The predicted molar refractivity (Wildman–Crippen MR) is 76.1 cm³/mol. The van der Waals surface area contributed by atoms with Gasteiger partial charge in [-0.15, -0.1) is 0 Å². The molecule has 104 valence electrons. The maximum absolute atomic E-state index is 13.7. The predicted octanol–water partition coefficient (Wildman–Crippen LogP) is 3.22. The molecule has 1 heterocycles. The smallest absolute Gasteiger partial charge is 0.330 e. The Morgan fingerprint density at radius 2 is 2.05 bits per heavy atom. The quantitative estimate of drug-likeness (QED) is 0.894. The lowest BCUT2D eigenvalue weighted by Gasteiger charge is -2.42. The highest BCUT2D eigenvalue weighted by Crippen LogP contribution is 2.41. The van der Waals surface area contributed by atoms with E-state index >= 15 is 0 Å². The first kappa shape index (κ1) is 14.2. The van der Waals surface area contributed by atoms with Crippen molar-refractivity contribution < 1.29 is 14.3 Å². The van der Waals surface area contributed by atoms with Crippen molar-refractivity contribution in [2.75, 3.05) is 16.8 Å². The third kappa shape index (κ3) is 3.03. The molecule has 3 nitrogen and oxygen atoms in total. The van der Waals surface area contributed by atoms with E-state index in [0.717, 1.165) is 5.75 Å². The van der Waals surface area contributed by atoms with Gasteiger partial charge in [-0.3, -0.25) is 0 Å². The summed E-state index contributed by atoms with van der Waals surface area (Å²) in [4.78, 5) is 11.7. The number of carboxylic acid groups (broad SMARTS) is 1. The van der Waals surface area contributed by atoms with E-state index in [1.54, 1.807) is 30.0 Å². The molecule has 2 rings (SSSR count). The van der Waals surface area contributed by atoms with E-state index in [2.05, 4.69) is 5.32 Å². The first-order valence-corrected chi connectivity index (χ1v) is 7.34. The minimum atomic E-state index is -1.10. The molecule has 1 aliphatic rings. The number of nitrogens with one attached hydrogen (secondary N) is 1. The highest BCUT2D eigenvalue weighted by molar-refractivity contribution is 7.99. The Labute approximate surface area is 116 Å². The van der Waals surface area contributed by atoms with Gasteiger partial charge in [0.15, 0.2) is 0 Å². The maximum atomic E-state index is 13.7. The minimum absolute atomic E-state index is 0.0838. The molecule has 1 fully saturated rings. The molecule has 1 aromatic rings. The van der Waals surface area contributed by atoms with Crippen molar-refractivity contribution in [3.63, 3.8) is 0 Å². The summed E-state index contributed by atoms with van der Waals surface area (Å²) in [6, 6.07) is 6.20. The number of benzene rings is 1. The van der Waals surface area contributed by atoms with E-state index in [1.165, 1.54) is 6.07 Å². The first-order valence-electron chi connectivity index (χ1n) is 6.19. The van der Waals surface area contributed by atoms with Crippen molar-refractivity contribution >= 4 is 23.4 Å². The van der Waals surface area contributed by atoms with Crippen molar-refractivity contribution in [3.05, 3.63) is 30.1 Å². The van der Waals surface area contributed by atoms with E-state index in [1.807, 2.05) is 13.8 Å². The molecule has 1 aliphatic heterocycles. The van der Waals surface area contributed by atoms with Gasteiger partial charge in [-0.1, -0.05) is 26.0 Å². The molecule has 2 N–H and O–H groups in total. The van der Waals surface area contributed by atoms with E-state index in [0.29, 0.717) is 12.2 Å². The number of rotatable bonds is 3. The van der Waals surface area contributed by atoms with Crippen LogP contribution in [0.5, 0.6) is 0 Å². The fourth-order valence-electron chi connectivity index (χ4n) is 2.51. The van der Waals surface area contributed by atoms with Gasteiger partial charge in [0, 0.05) is 5.75 Å². The summed E-state index contributed by atoms with van der Waals surface area (Å²) in [6.45, 7) is 4.08. The van der Waals surface area contributed by atoms with E-state index in [-0.39, 0.29) is 11.1 Å². The molecule has 1 aromatic carbocycles. The van der Waals surface area contributed by atoms with Crippen LogP contribution in [0.15, 0.2) is 24.3 Å². The molecule has 5 heteroatoms. The molecule has 1 atom stereocenters. The third-order valence-corrected chi connectivity index (χ3v) is 4.96. The van der Waals surface area contributed by atoms with E-state index in [9.17, 15) is 14.3 Å². The van der Waals surface area contributed by atoms with Gasteiger partial charge in [0.2, 0.25) is 0 Å². The van der Waals surface area contributed by atoms with Crippen LogP contribution in [0, 0.1) is 11.2 Å². The number of para-hydroxylation sites is 1. The molecule has 0 aliphatic carbocycles. The van der Waals surface area contributed by atoms with Gasteiger partial charge in [0.25, 0.3) is 0 Å². The van der Waals surface area contributed by atoms with Gasteiger partial charge in [-0.25, -0.2) is 9.18 Å². The van der Waals surface area contributed by atoms with Crippen molar-refractivity contribution in [2.45, 2.75) is 25.8 Å². The highest BCUT2D eigenvalue weighted by atomic mass is 32.2. The number of carboxylic acids is 1. The van der Waals surface area contributed by atoms with Crippen LogP contribution in [0.1, 0.15) is 20.3 Å². The zero-order chi connectivity index (χ0) is 14.1. The Morgan fingerprint density at radius 3 is 2.63 bits per heavy atom. The van der Waals surface area contributed by atoms with Gasteiger partial charge < -0.3 is 10.4 Å². The van der Waals surface area contributed by atoms with Crippen molar-refractivity contribution in [3.8, 4) is 0 Å². The SMILES string of the molecule is CC1(C)CSCC(Nc2ccccc2F)(C(=O)O)C1. The Hall–Kier alpha value is -1.23. The largest absolute Gasteiger partial charge is 0.479 e. The zero-order valence-electron chi connectivity index (χ0n) is 11.1. The van der Waals surface area contributed by atoms with Crippen LogP contribution in [-0.2, 0) is 4.79 Å². The lowest BCUT2D eigenvalue weighted by Crippen LogP contribution is -2.54. The molecule has 0 saturated carbocycles. The molecule has 1 unspecified atom stereocenters. The number of thioether (sulfide) groups is 1. The Kier molecular flexibility index (Phi) is 3.76. The monoisotopic (exact) mass is 283 g/mol. The Balaban J connectivity index is 2.31. The zero-order valence-corrected chi connectivity index (χ0v) is 11.9. The highest BCUT2D eigenvalue weighted by Gasteiger charge is 2.46. The molecule has 1 saturated heterocycles. The van der Waals surface area contributed by atoms with Gasteiger partial charge in [0.05, 0.1) is 5.69 Å². The normalized spacial score (nSPS) is 25.8. The fraction of sp³-hybridized carbons (Fsp3) is 0.500. The average molecular weight is 283 g/mol. The second-order valence-electron chi connectivity index (χ2n) is 5.83. The number of hydrogen-bond donors (Lipinski definition) is 2. The topological polar surface area (TPSA) is 49.3 Å². The van der Waals surface area contributed by atoms with Crippen LogP contribution in [-0.4, -0.2) is 28.1 Å². The second-order valence-corrected chi connectivity index (χ2v) is 6.81. The lowest BCUT2D eigenvalue weighted by atomic mass is 9.79. The number of aliphatic carboxylic acids is 1. The summed E-state index contributed by atoms with van der Waals surface area (Å²) < 4.78 is 13.7. The molecular weight excluding hydrogens is 265 g/mol. The van der Waals surface area contributed by atoms with Crippen LogP contribution in [0.25, 0.3) is 0 Å². The number of carbonyl (C=O) groups is 1. The third-order valence-electron chi connectivity index (χ3n) is 3.28. The summed E-state index contributed by atoms with van der Waals surface area (Å²) in [5.74, 6) is 0.0219. The van der Waals surface area contributed by atoms with Gasteiger partial charge >= 0.3 is 5.97 Å². The minimum Gasteiger partial charge on any atom is -0.479 e. The van der Waals surface area contributed by atoms with Crippen LogP contribution in [0.3, 0.4) is 0 Å². The van der Waals surface area contributed by atoms with Crippen LogP contribution in [0.4, 0.5) is 10.1 Å². The van der Waals surface area contributed by atoms with Gasteiger partial charge in [0.1, 0.15) is 11.4 Å². The molecular formula is C14H18FNO2S. The summed E-state index contributed by atoms with van der Waals surface area (Å²) in [5, 5.41) is 12.5. The summed E-state index contributed by atoms with van der Waals surface area (Å²) in [5.41, 5.74) is -0.933. The summed E-state index contributed by atoms with van der Waals surface area (Å²) in [6.07, 6.45) is 0.483. The fourth-order valence-corrected chi connectivity index (χ4v) is 3.91. The van der Waals surface area contributed by atoms with Crippen molar-refractivity contribution in [2.24, 2.45) is 5.41 Å². The van der Waals surface area contributed by atoms with Crippen molar-refractivity contribution in [1.82, 2.24) is 0 Å². The van der Waals surface area contributed by atoms with E-state index < -0.39 is 17.3 Å². The summed E-state index contributed by atoms with van der Waals surface area (Å²) in [7, 11) is 0. The van der Waals surface area contributed by atoms with Crippen LogP contribution >= 0.6 is 11.8 Å². The van der Waals surface area contributed by atoms with Crippen LogP contribution < -0.4 is 5.32 Å². The van der Waals surface area contributed by atoms with Gasteiger partial charge in [-0.05, 0) is 29.7 Å². The Bertz CT molecular complexity index is 492. The molecule has 0 amide bonds. The maximum Gasteiger partial charge on any atom is 0.330 e. The standard InChI is InChI=1S/C14H18FNO2S/c1-13(2)7-14(12(17)18,9-19-8-13)16-11-6-4-3-5-10(11)15/h3-6,16H,7-9H2,1-2H3,(H,17,18). The van der Waals surface area contributed by atoms with Crippen molar-refractivity contribution in [1.29, 1.82) is 0 Å². The molecule has 0 radical (unpaired) electrons. The second kappa shape index (κ2) is 5.04. The molecule has 0 aromatic heterocycles.